The number of aliphatic hydroxyl groups excluding tert-OH is 1. The van der Waals surface area contributed by atoms with E-state index in [1.165, 1.54) is 4.88 Å². The minimum atomic E-state index is 0.0922. The summed E-state index contributed by atoms with van der Waals surface area (Å²) in [5.74, 6) is 0. The summed E-state index contributed by atoms with van der Waals surface area (Å²) in [6.07, 6.45) is 0. The number of thiophene rings is 1. The molecule has 0 aromatic carbocycles. The van der Waals surface area contributed by atoms with Gasteiger partial charge in [0.15, 0.2) is 0 Å². The van der Waals surface area contributed by atoms with Crippen LogP contribution in [0.5, 0.6) is 0 Å². The Kier molecular flexibility index (Phi) is 5.63. The van der Waals surface area contributed by atoms with Crippen molar-refractivity contribution in [1.29, 1.82) is 0 Å². The van der Waals surface area contributed by atoms with E-state index in [2.05, 4.69) is 27.4 Å². The van der Waals surface area contributed by atoms with Crippen LogP contribution in [0.25, 0.3) is 0 Å². The monoisotopic (exact) mass is 309 g/mol. The molecule has 0 aliphatic rings. The van der Waals surface area contributed by atoms with E-state index >= 15 is 0 Å². The molecule has 0 amide bonds. The third-order valence-corrected chi connectivity index (χ3v) is 5.50. The summed E-state index contributed by atoms with van der Waals surface area (Å²) in [7, 11) is 0. The van der Waals surface area contributed by atoms with E-state index in [-0.39, 0.29) is 23.1 Å². The number of thioether (sulfide) groups is 1. The van der Waals surface area contributed by atoms with Crippen molar-refractivity contribution in [1.82, 2.24) is 0 Å². The highest BCUT2D eigenvalue weighted by Gasteiger charge is 2.21. The molecule has 0 radical (unpaired) electrons. The highest BCUT2D eigenvalue weighted by atomic mass is 79.9. The van der Waals surface area contributed by atoms with Gasteiger partial charge in [0.05, 0.1) is 11.9 Å². The Morgan fingerprint density at radius 3 is 2.67 bits per heavy atom. The highest BCUT2D eigenvalue weighted by Crippen LogP contribution is 2.38. The fraction of sp³-hybridized carbons (Fsp3) is 0.600. The van der Waals surface area contributed by atoms with Crippen molar-refractivity contribution in [2.45, 2.75) is 30.4 Å². The number of hydrogen-bond acceptors (Lipinski definition) is 4. The Labute approximate surface area is 107 Å². The molecule has 0 aliphatic carbocycles. The summed E-state index contributed by atoms with van der Waals surface area (Å²) >= 11 is 6.89. The van der Waals surface area contributed by atoms with Crippen LogP contribution in [-0.2, 0) is 0 Å². The SMILES string of the molecule is CC(CO)SC(c1cc(Br)cs1)C(C)N. The molecular weight excluding hydrogens is 294 g/mol. The zero-order valence-corrected chi connectivity index (χ0v) is 12.0. The van der Waals surface area contributed by atoms with Gasteiger partial charge in [-0.1, -0.05) is 6.92 Å². The van der Waals surface area contributed by atoms with Crippen molar-refractivity contribution in [3.05, 3.63) is 20.8 Å². The Morgan fingerprint density at radius 1 is 1.60 bits per heavy atom. The predicted octanol–water partition coefficient (Wildman–Crippen LogP) is 3.01. The minimum Gasteiger partial charge on any atom is -0.395 e. The molecule has 5 heteroatoms. The van der Waals surface area contributed by atoms with Crippen molar-refractivity contribution in [3.8, 4) is 0 Å². The minimum absolute atomic E-state index is 0.0922. The molecule has 0 saturated carbocycles. The van der Waals surface area contributed by atoms with Crippen LogP contribution in [0.1, 0.15) is 24.0 Å². The largest absolute Gasteiger partial charge is 0.395 e. The maximum Gasteiger partial charge on any atom is 0.0547 e. The van der Waals surface area contributed by atoms with Crippen molar-refractivity contribution >= 4 is 39.0 Å². The molecule has 1 heterocycles. The van der Waals surface area contributed by atoms with Crippen LogP contribution in [-0.4, -0.2) is 23.0 Å². The number of halogens is 1. The topological polar surface area (TPSA) is 46.2 Å². The van der Waals surface area contributed by atoms with E-state index in [0.29, 0.717) is 0 Å². The van der Waals surface area contributed by atoms with Crippen molar-refractivity contribution in [2.75, 3.05) is 6.61 Å². The molecule has 3 atom stereocenters. The number of aliphatic hydroxyl groups is 1. The van der Waals surface area contributed by atoms with Crippen LogP contribution < -0.4 is 5.73 Å². The van der Waals surface area contributed by atoms with Gasteiger partial charge < -0.3 is 10.8 Å². The predicted molar refractivity (Wildman–Crippen MR) is 72.5 cm³/mol. The number of nitrogens with two attached hydrogens (primary N) is 1. The zero-order valence-electron chi connectivity index (χ0n) is 8.81. The molecule has 0 fully saturated rings. The second kappa shape index (κ2) is 6.25. The first-order chi connectivity index (χ1) is 7.04. The normalized spacial score (nSPS) is 17.4. The van der Waals surface area contributed by atoms with Gasteiger partial charge in [0.2, 0.25) is 0 Å². The van der Waals surface area contributed by atoms with Crippen molar-refractivity contribution in [2.24, 2.45) is 5.73 Å². The lowest BCUT2D eigenvalue weighted by Gasteiger charge is -2.21. The second-order valence-electron chi connectivity index (χ2n) is 3.58. The van der Waals surface area contributed by atoms with Crippen LogP contribution in [0, 0.1) is 0 Å². The van der Waals surface area contributed by atoms with Gasteiger partial charge in [-0.3, -0.25) is 0 Å². The van der Waals surface area contributed by atoms with E-state index < -0.39 is 0 Å². The first-order valence-electron chi connectivity index (χ1n) is 4.80. The molecule has 2 nitrogen and oxygen atoms in total. The van der Waals surface area contributed by atoms with Gasteiger partial charge >= 0.3 is 0 Å². The lowest BCUT2D eigenvalue weighted by Crippen LogP contribution is -2.24. The van der Waals surface area contributed by atoms with E-state index in [4.69, 9.17) is 10.8 Å². The van der Waals surface area contributed by atoms with Gasteiger partial charge in [-0.15, -0.1) is 23.1 Å². The molecule has 86 valence electrons. The third-order valence-electron chi connectivity index (χ3n) is 1.98. The van der Waals surface area contributed by atoms with Crippen molar-refractivity contribution in [3.63, 3.8) is 0 Å². The number of hydrogen-bond donors (Lipinski definition) is 2. The van der Waals surface area contributed by atoms with Gasteiger partial charge in [0.1, 0.15) is 0 Å². The van der Waals surface area contributed by atoms with E-state index in [0.717, 1.165) is 4.47 Å². The fourth-order valence-corrected chi connectivity index (χ4v) is 4.13. The van der Waals surface area contributed by atoms with E-state index in [9.17, 15) is 0 Å². The zero-order chi connectivity index (χ0) is 11.4. The fourth-order valence-electron chi connectivity index (χ4n) is 1.22. The van der Waals surface area contributed by atoms with E-state index in [1.54, 1.807) is 23.1 Å². The smallest absolute Gasteiger partial charge is 0.0547 e. The van der Waals surface area contributed by atoms with Crippen LogP contribution in [0.3, 0.4) is 0 Å². The number of rotatable bonds is 5. The Bertz CT molecular complexity index is 303. The van der Waals surface area contributed by atoms with E-state index in [1.807, 2.05) is 13.8 Å². The molecule has 0 spiro atoms. The van der Waals surface area contributed by atoms with Crippen molar-refractivity contribution < 1.29 is 5.11 Å². The molecule has 1 aromatic heterocycles. The lowest BCUT2D eigenvalue weighted by molar-refractivity contribution is 0.299. The molecule has 0 saturated heterocycles. The standard InChI is InChI=1S/C10H16BrNOS2/c1-6(4-13)15-10(7(2)12)9-3-8(11)5-14-9/h3,5-7,10,13H,4,12H2,1-2H3. The molecule has 1 aromatic rings. The maximum atomic E-state index is 9.05. The molecule has 15 heavy (non-hydrogen) atoms. The Balaban J connectivity index is 2.74. The third kappa shape index (κ3) is 4.07. The summed E-state index contributed by atoms with van der Waals surface area (Å²) in [6, 6.07) is 2.20. The van der Waals surface area contributed by atoms with Crippen LogP contribution in [0.4, 0.5) is 0 Å². The molecule has 0 aliphatic heterocycles. The highest BCUT2D eigenvalue weighted by molar-refractivity contribution is 9.10. The molecule has 3 unspecified atom stereocenters. The van der Waals surface area contributed by atoms with Crippen LogP contribution >= 0.6 is 39.0 Å². The Hall–Kier alpha value is 0.450. The van der Waals surface area contributed by atoms with Crippen LogP contribution in [0.15, 0.2) is 15.9 Å². The first kappa shape index (κ1) is 13.5. The molecular formula is C10H16BrNOS2. The quantitative estimate of drug-likeness (QED) is 0.879. The van der Waals surface area contributed by atoms with Gasteiger partial charge in [0.25, 0.3) is 0 Å². The van der Waals surface area contributed by atoms with Gasteiger partial charge in [-0.25, -0.2) is 0 Å². The average Bonchev–Trinajstić information content (AvgIpc) is 2.60. The van der Waals surface area contributed by atoms with Gasteiger partial charge in [0, 0.05) is 26.0 Å². The summed E-state index contributed by atoms with van der Waals surface area (Å²) in [4.78, 5) is 1.27. The van der Waals surface area contributed by atoms with Gasteiger partial charge in [-0.05, 0) is 28.9 Å². The van der Waals surface area contributed by atoms with Crippen LogP contribution in [0.2, 0.25) is 0 Å². The summed E-state index contributed by atoms with van der Waals surface area (Å²) < 4.78 is 1.10. The summed E-state index contributed by atoms with van der Waals surface area (Å²) in [5.41, 5.74) is 5.97. The van der Waals surface area contributed by atoms with Gasteiger partial charge in [-0.2, -0.15) is 0 Å². The first-order valence-corrected chi connectivity index (χ1v) is 7.42. The summed E-state index contributed by atoms with van der Waals surface area (Å²) in [6.45, 7) is 4.22. The molecule has 1 rings (SSSR count). The molecule has 0 bridgehead atoms. The Morgan fingerprint density at radius 2 is 2.27 bits per heavy atom. The second-order valence-corrected chi connectivity index (χ2v) is 7.02. The maximum absolute atomic E-state index is 9.05. The summed E-state index contributed by atoms with van der Waals surface area (Å²) in [5, 5.41) is 11.6. The molecule has 3 N–H and O–H groups in total. The average molecular weight is 310 g/mol. The lowest BCUT2D eigenvalue weighted by atomic mass is 10.2.